The second-order valence-electron chi connectivity index (χ2n) is 5.90. The fourth-order valence-corrected chi connectivity index (χ4v) is 2.36. The van der Waals surface area contributed by atoms with Gasteiger partial charge in [-0.3, -0.25) is 9.59 Å². The first-order valence-electron chi connectivity index (χ1n) is 7.11. The number of nitrogens with one attached hydrogen (secondary N) is 1. The van der Waals surface area contributed by atoms with Crippen LogP contribution >= 0.6 is 0 Å². The number of amides is 2. The van der Waals surface area contributed by atoms with Crippen LogP contribution in [-0.2, 0) is 9.59 Å². The van der Waals surface area contributed by atoms with E-state index in [0.717, 1.165) is 5.56 Å². The van der Waals surface area contributed by atoms with E-state index in [1.54, 1.807) is 18.7 Å². The minimum atomic E-state index is -0.831. The van der Waals surface area contributed by atoms with Crippen LogP contribution in [0.3, 0.4) is 0 Å². The van der Waals surface area contributed by atoms with Crippen LogP contribution < -0.4 is 10.1 Å². The number of benzene rings is 1. The summed E-state index contributed by atoms with van der Waals surface area (Å²) >= 11 is 0. The minimum Gasteiger partial charge on any atom is -0.484 e. The molecule has 21 heavy (non-hydrogen) atoms. The first kappa shape index (κ1) is 15.4. The highest BCUT2D eigenvalue weighted by Gasteiger charge is 2.40. The summed E-state index contributed by atoms with van der Waals surface area (Å²) in [6.07, 6.45) is 0. The first-order chi connectivity index (χ1) is 9.82. The Morgan fingerprint density at radius 1 is 1.33 bits per heavy atom. The van der Waals surface area contributed by atoms with Gasteiger partial charge in [-0.1, -0.05) is 6.07 Å². The van der Waals surface area contributed by atoms with Crippen molar-refractivity contribution in [1.29, 1.82) is 0 Å². The van der Waals surface area contributed by atoms with Crippen molar-refractivity contribution in [3.8, 4) is 5.75 Å². The molecule has 1 saturated heterocycles. The summed E-state index contributed by atoms with van der Waals surface area (Å²) in [5.41, 5.74) is 1.47. The summed E-state index contributed by atoms with van der Waals surface area (Å²) in [6.45, 7) is 8.46. The van der Waals surface area contributed by atoms with Gasteiger partial charge >= 0.3 is 0 Å². The van der Waals surface area contributed by atoms with E-state index in [2.05, 4.69) is 5.32 Å². The number of rotatable bonds is 3. The second kappa shape index (κ2) is 5.76. The summed E-state index contributed by atoms with van der Waals surface area (Å²) in [6, 6.07) is 5.73. The lowest BCUT2D eigenvalue weighted by Gasteiger charge is -2.41. The summed E-state index contributed by atoms with van der Waals surface area (Å²) in [5, 5.41) is 2.77. The maximum Gasteiger partial charge on any atom is 0.261 e. The Balaban J connectivity index is 2.01. The van der Waals surface area contributed by atoms with E-state index in [0.29, 0.717) is 18.8 Å². The largest absolute Gasteiger partial charge is 0.484 e. The van der Waals surface area contributed by atoms with Crippen LogP contribution in [0.25, 0.3) is 0 Å². The third-order valence-corrected chi connectivity index (χ3v) is 3.99. The van der Waals surface area contributed by atoms with E-state index in [4.69, 9.17) is 4.74 Å². The lowest BCUT2D eigenvalue weighted by Crippen LogP contribution is -2.64. The van der Waals surface area contributed by atoms with Crippen LogP contribution in [0.15, 0.2) is 18.2 Å². The molecule has 0 bridgehead atoms. The van der Waals surface area contributed by atoms with Crippen LogP contribution in [-0.4, -0.2) is 41.9 Å². The standard InChI is InChI=1S/C16H22N2O3/c1-11-5-6-13(9-12(11)2)21-10-14(19)18-8-7-17-15(20)16(18,3)4/h5-6,9H,7-8,10H2,1-4H3,(H,17,20). The van der Waals surface area contributed by atoms with Gasteiger partial charge < -0.3 is 15.0 Å². The van der Waals surface area contributed by atoms with Gasteiger partial charge in [-0.25, -0.2) is 0 Å². The van der Waals surface area contributed by atoms with Gasteiger partial charge in [0.1, 0.15) is 11.3 Å². The van der Waals surface area contributed by atoms with Gasteiger partial charge in [-0.2, -0.15) is 0 Å². The van der Waals surface area contributed by atoms with Gasteiger partial charge in [0.2, 0.25) is 5.91 Å². The number of carbonyl (C=O) groups is 2. The molecule has 1 aromatic rings. The average molecular weight is 290 g/mol. The van der Waals surface area contributed by atoms with Crippen molar-refractivity contribution >= 4 is 11.8 Å². The lowest BCUT2D eigenvalue weighted by atomic mass is 9.99. The molecule has 2 rings (SSSR count). The number of carbonyl (C=O) groups excluding carboxylic acids is 2. The molecule has 5 heteroatoms. The highest BCUT2D eigenvalue weighted by molar-refractivity contribution is 5.92. The highest BCUT2D eigenvalue weighted by Crippen LogP contribution is 2.19. The monoisotopic (exact) mass is 290 g/mol. The summed E-state index contributed by atoms with van der Waals surface area (Å²) < 4.78 is 5.56. The molecule has 1 heterocycles. The number of hydrogen-bond donors (Lipinski definition) is 1. The number of nitrogens with zero attached hydrogens (tertiary/aromatic N) is 1. The Bertz CT molecular complexity index is 567. The van der Waals surface area contributed by atoms with Crippen molar-refractivity contribution in [2.75, 3.05) is 19.7 Å². The molecule has 1 fully saturated rings. The smallest absolute Gasteiger partial charge is 0.261 e. The Hall–Kier alpha value is -2.04. The molecular weight excluding hydrogens is 268 g/mol. The molecule has 1 aliphatic rings. The van der Waals surface area contributed by atoms with Crippen molar-refractivity contribution in [3.05, 3.63) is 29.3 Å². The van der Waals surface area contributed by atoms with Crippen LogP contribution in [0.1, 0.15) is 25.0 Å². The minimum absolute atomic E-state index is 0.0563. The molecule has 0 aromatic heterocycles. The van der Waals surface area contributed by atoms with Crippen molar-refractivity contribution in [1.82, 2.24) is 10.2 Å². The van der Waals surface area contributed by atoms with Crippen LogP contribution in [0.4, 0.5) is 0 Å². The molecule has 0 spiro atoms. The maximum absolute atomic E-state index is 12.3. The molecule has 1 aromatic carbocycles. The predicted molar refractivity (Wildman–Crippen MR) is 80.2 cm³/mol. The topological polar surface area (TPSA) is 58.6 Å². The van der Waals surface area contributed by atoms with E-state index in [1.165, 1.54) is 5.56 Å². The molecular formula is C16H22N2O3. The lowest BCUT2D eigenvalue weighted by molar-refractivity contribution is -0.150. The van der Waals surface area contributed by atoms with Crippen molar-refractivity contribution in [2.45, 2.75) is 33.2 Å². The SMILES string of the molecule is Cc1ccc(OCC(=O)N2CCNC(=O)C2(C)C)cc1C. The van der Waals surface area contributed by atoms with Crippen LogP contribution in [0.5, 0.6) is 5.75 Å². The summed E-state index contributed by atoms with van der Waals surface area (Å²) in [5.74, 6) is 0.368. The highest BCUT2D eigenvalue weighted by atomic mass is 16.5. The molecule has 1 N–H and O–H groups in total. The van der Waals surface area contributed by atoms with E-state index in [-0.39, 0.29) is 18.4 Å². The molecule has 2 amide bonds. The molecule has 0 atom stereocenters. The van der Waals surface area contributed by atoms with Gasteiger partial charge in [0.05, 0.1) is 0 Å². The molecule has 5 nitrogen and oxygen atoms in total. The maximum atomic E-state index is 12.3. The third kappa shape index (κ3) is 3.17. The van der Waals surface area contributed by atoms with Gasteiger partial charge in [-0.15, -0.1) is 0 Å². The van der Waals surface area contributed by atoms with Crippen molar-refractivity contribution in [3.63, 3.8) is 0 Å². The zero-order chi connectivity index (χ0) is 15.6. The number of hydrogen-bond acceptors (Lipinski definition) is 3. The van der Waals surface area contributed by atoms with E-state index in [9.17, 15) is 9.59 Å². The van der Waals surface area contributed by atoms with Gasteiger partial charge in [0.15, 0.2) is 6.61 Å². The second-order valence-corrected chi connectivity index (χ2v) is 5.90. The zero-order valence-electron chi connectivity index (χ0n) is 13.0. The predicted octanol–water partition coefficient (Wildman–Crippen LogP) is 1.42. The Morgan fingerprint density at radius 2 is 2.05 bits per heavy atom. The normalized spacial score (nSPS) is 17.3. The summed E-state index contributed by atoms with van der Waals surface area (Å²) in [7, 11) is 0. The summed E-state index contributed by atoms with van der Waals surface area (Å²) in [4.78, 5) is 25.7. The van der Waals surface area contributed by atoms with E-state index in [1.807, 2.05) is 32.0 Å². The fourth-order valence-electron chi connectivity index (χ4n) is 2.36. The van der Waals surface area contributed by atoms with Crippen LogP contribution in [0, 0.1) is 13.8 Å². The van der Waals surface area contributed by atoms with Gasteiger partial charge in [-0.05, 0) is 51.0 Å². The molecule has 1 aliphatic heterocycles. The number of ether oxygens (including phenoxy) is 1. The van der Waals surface area contributed by atoms with Crippen molar-refractivity contribution in [2.24, 2.45) is 0 Å². The molecule has 0 radical (unpaired) electrons. The van der Waals surface area contributed by atoms with E-state index >= 15 is 0 Å². The average Bonchev–Trinajstić information content (AvgIpc) is 2.43. The van der Waals surface area contributed by atoms with Crippen LogP contribution in [0.2, 0.25) is 0 Å². The number of piperazine rings is 1. The Kier molecular flexibility index (Phi) is 4.21. The first-order valence-corrected chi connectivity index (χ1v) is 7.11. The molecule has 114 valence electrons. The van der Waals surface area contributed by atoms with E-state index < -0.39 is 5.54 Å². The zero-order valence-corrected chi connectivity index (χ0v) is 13.0. The molecule has 0 unspecified atom stereocenters. The molecule has 0 aliphatic carbocycles. The Morgan fingerprint density at radius 3 is 2.71 bits per heavy atom. The fraction of sp³-hybridized carbons (Fsp3) is 0.500. The Labute approximate surface area is 125 Å². The number of aryl methyl sites for hydroxylation is 2. The third-order valence-electron chi connectivity index (χ3n) is 3.99. The van der Waals surface area contributed by atoms with Gasteiger partial charge in [0, 0.05) is 13.1 Å². The quantitative estimate of drug-likeness (QED) is 0.916. The van der Waals surface area contributed by atoms with Crippen molar-refractivity contribution < 1.29 is 14.3 Å². The van der Waals surface area contributed by atoms with Gasteiger partial charge in [0.25, 0.3) is 5.91 Å². The molecule has 0 saturated carbocycles.